The summed E-state index contributed by atoms with van der Waals surface area (Å²) in [4.78, 5) is 24.7. The standard InChI is InChI=1S/C40H59O12P/c1-24-12-14-32-26(3)34(45-36-39(32)30(24)16-20-38(6,47-36)49-51-39)19-23-43-53(41,48-28-10-8-7-9-11-28)42-22-18-29-27(4)44-35-40-31(25(2)13-15-33(29)40)17-21-37(5,46-35)50-52-40/h7-11,24-27,29-36H,12-23H2,1-6H3/t24-,25-,26-,27-,29+,30+,31+,32+,33+,34-,35-,36-,37-,38-,39-,40-,53?/m1/s1. The molecule has 17 atom stereocenters. The van der Waals surface area contributed by atoms with Crippen molar-refractivity contribution in [3.63, 3.8) is 0 Å². The maximum atomic E-state index is 14.5. The van der Waals surface area contributed by atoms with Crippen molar-refractivity contribution < 1.29 is 56.6 Å². The summed E-state index contributed by atoms with van der Waals surface area (Å²) in [5.74, 6) is 0.800. The molecule has 2 spiro atoms. The summed E-state index contributed by atoms with van der Waals surface area (Å²) in [5, 5.41) is 0. The maximum Gasteiger partial charge on any atom is 0.530 e. The second kappa shape index (κ2) is 13.8. The Hall–Kier alpha value is -1.15. The summed E-state index contributed by atoms with van der Waals surface area (Å²) in [6.45, 7) is 13.1. The van der Waals surface area contributed by atoms with E-state index in [1.807, 2.05) is 32.0 Å². The second-order valence-corrected chi connectivity index (χ2v) is 19.5. The Morgan fingerprint density at radius 3 is 1.89 bits per heavy atom. The number of para-hydroxylation sites is 1. The topological polar surface area (TPSA) is 119 Å². The van der Waals surface area contributed by atoms with Crippen LogP contribution >= 0.6 is 7.82 Å². The average molecular weight is 763 g/mol. The van der Waals surface area contributed by atoms with Crippen LogP contribution in [0, 0.1) is 47.3 Å². The normalized spacial score (nSPS) is 51.0. The number of fused-ring (bicyclic) bond motifs is 4. The van der Waals surface area contributed by atoms with Crippen LogP contribution in [0.5, 0.6) is 5.75 Å². The lowest BCUT2D eigenvalue weighted by Gasteiger charge is -2.60. The third kappa shape index (κ3) is 6.20. The van der Waals surface area contributed by atoms with E-state index in [0.717, 1.165) is 51.4 Å². The first kappa shape index (κ1) is 37.4. The molecular weight excluding hydrogens is 703 g/mol. The van der Waals surface area contributed by atoms with Crippen LogP contribution in [-0.4, -0.2) is 60.8 Å². The third-order valence-electron chi connectivity index (χ3n) is 14.8. The van der Waals surface area contributed by atoms with Gasteiger partial charge in [-0.15, -0.1) is 0 Å². The minimum atomic E-state index is -4.05. The zero-order valence-corrected chi connectivity index (χ0v) is 33.0. The summed E-state index contributed by atoms with van der Waals surface area (Å²) < 4.78 is 59.3. The smallest absolute Gasteiger partial charge is 0.404 e. The predicted octanol–water partition coefficient (Wildman–Crippen LogP) is 8.49. The van der Waals surface area contributed by atoms with Gasteiger partial charge in [0.25, 0.3) is 0 Å². The van der Waals surface area contributed by atoms with Gasteiger partial charge in [0.05, 0.1) is 25.4 Å². The summed E-state index contributed by atoms with van der Waals surface area (Å²) in [6.07, 6.45) is 7.38. The van der Waals surface area contributed by atoms with E-state index >= 15 is 0 Å². The van der Waals surface area contributed by atoms with Crippen molar-refractivity contribution in [2.45, 2.75) is 153 Å². The predicted molar refractivity (Wildman–Crippen MR) is 189 cm³/mol. The van der Waals surface area contributed by atoms with Crippen molar-refractivity contribution in [1.82, 2.24) is 0 Å². The first-order valence-corrected chi connectivity index (χ1v) is 21.9. The molecule has 13 heteroatoms. The Labute approximate surface area is 313 Å². The molecule has 1 aromatic carbocycles. The van der Waals surface area contributed by atoms with E-state index in [9.17, 15) is 4.57 Å². The van der Waals surface area contributed by atoms with Gasteiger partial charge < -0.3 is 23.5 Å². The number of benzene rings is 1. The minimum Gasteiger partial charge on any atom is -0.404 e. The van der Waals surface area contributed by atoms with Crippen molar-refractivity contribution >= 4 is 7.82 Å². The van der Waals surface area contributed by atoms with Crippen LogP contribution in [0.4, 0.5) is 0 Å². The Morgan fingerprint density at radius 1 is 0.679 bits per heavy atom. The van der Waals surface area contributed by atoms with E-state index < -0.39 is 43.2 Å². The summed E-state index contributed by atoms with van der Waals surface area (Å²) in [5.41, 5.74) is -1.32. The van der Waals surface area contributed by atoms with Gasteiger partial charge in [0, 0.05) is 24.7 Å². The largest absolute Gasteiger partial charge is 0.530 e. The van der Waals surface area contributed by atoms with Gasteiger partial charge in [-0.05, 0) is 120 Å². The summed E-state index contributed by atoms with van der Waals surface area (Å²) in [7, 11) is -4.05. The van der Waals surface area contributed by atoms with E-state index in [-0.39, 0.29) is 55.0 Å². The molecule has 8 aliphatic heterocycles. The van der Waals surface area contributed by atoms with Gasteiger partial charge in [-0.3, -0.25) is 9.05 Å². The number of phosphoric ester groups is 1. The molecule has 0 radical (unpaired) electrons. The summed E-state index contributed by atoms with van der Waals surface area (Å²) in [6, 6.07) is 9.07. The summed E-state index contributed by atoms with van der Waals surface area (Å²) >= 11 is 0. The molecule has 12 nitrogen and oxygen atoms in total. The van der Waals surface area contributed by atoms with Crippen LogP contribution in [0.2, 0.25) is 0 Å². The molecule has 10 fully saturated rings. The zero-order chi connectivity index (χ0) is 36.8. The van der Waals surface area contributed by atoms with Crippen molar-refractivity contribution in [2.24, 2.45) is 47.3 Å². The highest BCUT2D eigenvalue weighted by atomic mass is 31.2. The van der Waals surface area contributed by atoms with Crippen molar-refractivity contribution in [3.8, 4) is 5.75 Å². The average Bonchev–Trinajstić information content (AvgIpc) is 3.50. The van der Waals surface area contributed by atoms with Gasteiger partial charge in [-0.25, -0.2) is 24.1 Å². The van der Waals surface area contributed by atoms with Gasteiger partial charge in [-0.2, -0.15) is 0 Å². The van der Waals surface area contributed by atoms with Crippen LogP contribution in [0.15, 0.2) is 30.3 Å². The SMILES string of the molecule is C[C@H]1[C@@H](CCOP(=O)(OCC[C@H]2[C@@H](C)O[C@@H]3O[C@@]4(C)CC[C@H]5[C@H](C)CC[C@@H]2[C@@]35OO4)Oc2ccccc2)O[C@@H]2O[C@@]3(C)CC[C@H]4[C@H](C)CC[C@@H]1[C@@]24OO3. The lowest BCUT2D eigenvalue weighted by molar-refractivity contribution is -0.571. The molecule has 1 aromatic rings. The number of hydrogen-bond donors (Lipinski definition) is 0. The number of phosphoric acid groups is 1. The fourth-order valence-corrected chi connectivity index (χ4v) is 13.2. The van der Waals surface area contributed by atoms with Crippen LogP contribution < -0.4 is 4.52 Å². The lowest BCUT2D eigenvalue weighted by Crippen LogP contribution is -2.70. The molecule has 0 amide bonds. The Balaban J connectivity index is 0.888. The molecule has 2 saturated carbocycles. The molecule has 53 heavy (non-hydrogen) atoms. The second-order valence-electron chi connectivity index (χ2n) is 18.0. The van der Waals surface area contributed by atoms with Crippen molar-refractivity contribution in [2.75, 3.05) is 13.2 Å². The Kier molecular flexibility index (Phi) is 9.71. The van der Waals surface area contributed by atoms with E-state index in [4.69, 9.17) is 52.1 Å². The molecule has 8 saturated heterocycles. The molecule has 11 rings (SSSR count). The molecule has 0 N–H and O–H groups in total. The highest BCUT2D eigenvalue weighted by Gasteiger charge is 2.71. The quantitative estimate of drug-likeness (QED) is 0.168. The highest BCUT2D eigenvalue weighted by molar-refractivity contribution is 7.48. The van der Waals surface area contributed by atoms with Gasteiger partial charge in [0.1, 0.15) is 5.75 Å². The van der Waals surface area contributed by atoms with E-state index in [1.165, 1.54) is 0 Å². The number of hydrogen-bond acceptors (Lipinski definition) is 12. The van der Waals surface area contributed by atoms with E-state index in [1.54, 1.807) is 12.1 Å². The van der Waals surface area contributed by atoms with Crippen LogP contribution in [0.3, 0.4) is 0 Å². The molecule has 10 aliphatic rings. The van der Waals surface area contributed by atoms with Gasteiger partial charge in [0.2, 0.25) is 11.6 Å². The van der Waals surface area contributed by atoms with Gasteiger partial charge in [0.15, 0.2) is 23.8 Å². The molecule has 0 aromatic heterocycles. The molecule has 4 bridgehead atoms. The Bertz CT molecular complexity index is 1530. The number of ether oxygens (including phenoxy) is 4. The van der Waals surface area contributed by atoms with Gasteiger partial charge in [-0.1, -0.05) is 39.0 Å². The van der Waals surface area contributed by atoms with Crippen molar-refractivity contribution in [3.05, 3.63) is 30.3 Å². The fraction of sp³-hybridized carbons (Fsp3) is 0.850. The molecule has 296 valence electrons. The third-order valence-corrected chi connectivity index (χ3v) is 16.3. The molecule has 2 aliphatic carbocycles. The fourth-order valence-electron chi connectivity index (χ4n) is 12.0. The molecule has 1 unspecified atom stereocenters. The maximum absolute atomic E-state index is 14.5. The van der Waals surface area contributed by atoms with Crippen LogP contribution in [0.25, 0.3) is 0 Å². The minimum absolute atomic E-state index is 0.0647. The zero-order valence-electron chi connectivity index (χ0n) is 32.1. The monoisotopic (exact) mass is 762 g/mol. The molecule has 8 heterocycles. The molecular formula is C40H59O12P. The van der Waals surface area contributed by atoms with Crippen LogP contribution in [0.1, 0.15) is 106 Å². The van der Waals surface area contributed by atoms with Crippen molar-refractivity contribution in [1.29, 1.82) is 0 Å². The van der Waals surface area contributed by atoms with E-state index in [2.05, 4.69) is 27.7 Å². The first-order chi connectivity index (χ1) is 25.4. The Morgan fingerprint density at radius 2 is 1.25 bits per heavy atom. The lowest BCUT2D eigenvalue weighted by atomic mass is 9.57. The number of rotatable bonds is 10. The van der Waals surface area contributed by atoms with Crippen LogP contribution in [-0.2, 0) is 52.1 Å². The highest BCUT2D eigenvalue weighted by Crippen LogP contribution is 2.63. The first-order valence-electron chi connectivity index (χ1n) is 20.4. The van der Waals surface area contributed by atoms with E-state index in [0.29, 0.717) is 36.3 Å². The van der Waals surface area contributed by atoms with Gasteiger partial charge >= 0.3 is 7.82 Å².